The normalized spacial score (nSPS) is 10.7. The minimum atomic E-state index is -3.02. The molecule has 5 nitrogen and oxygen atoms in total. The quantitative estimate of drug-likeness (QED) is 0.524. The molecule has 1 aromatic heterocycles. The molecule has 0 saturated heterocycles. The lowest BCUT2D eigenvalue weighted by atomic mass is 10.2. The predicted octanol–water partition coefficient (Wildman–Crippen LogP) is 2.40. The lowest BCUT2D eigenvalue weighted by Crippen LogP contribution is -2.05. The third-order valence-electron chi connectivity index (χ3n) is 1.63. The van der Waals surface area contributed by atoms with E-state index in [0.29, 0.717) is 0 Å². The number of nitrogens with two attached hydrogens (primary N) is 1. The summed E-state index contributed by atoms with van der Waals surface area (Å²) >= 11 is 3.00. The fraction of sp³-hybridized carbons (Fsp3) is 0.286. The van der Waals surface area contributed by atoms with E-state index in [0.717, 1.165) is 0 Å². The molecule has 0 atom stereocenters. The predicted molar refractivity (Wildman–Crippen MR) is 52.9 cm³/mol. The van der Waals surface area contributed by atoms with Crippen LogP contribution in [-0.2, 0) is 5.33 Å². The first-order valence-electron chi connectivity index (χ1n) is 3.75. The topological polar surface area (TPSA) is 82.0 Å². The molecule has 0 aliphatic rings. The number of nitrogen functional groups attached to an aromatic ring is 1. The molecular weight excluding hydrogens is 276 g/mol. The van der Waals surface area contributed by atoms with Crippen LogP contribution >= 0.6 is 15.9 Å². The highest BCUT2D eigenvalue weighted by Crippen LogP contribution is 2.32. The molecule has 0 aliphatic heterocycles. The van der Waals surface area contributed by atoms with Crippen molar-refractivity contribution < 1.29 is 13.7 Å². The van der Waals surface area contributed by atoms with E-state index in [1.807, 2.05) is 0 Å². The summed E-state index contributed by atoms with van der Waals surface area (Å²) in [5.41, 5.74) is 3.51. The van der Waals surface area contributed by atoms with Crippen molar-refractivity contribution in [2.24, 2.45) is 0 Å². The zero-order valence-electron chi connectivity index (χ0n) is 7.28. The van der Waals surface area contributed by atoms with Crippen LogP contribution in [0.1, 0.15) is 17.8 Å². The number of nitrogens with zero attached hydrogens (tertiary/aromatic N) is 2. The molecule has 0 amide bonds. The summed E-state index contributed by atoms with van der Waals surface area (Å²) in [5, 5.41) is 10.7. The first-order valence-corrected chi connectivity index (χ1v) is 4.87. The number of rotatable bonds is 3. The fourth-order valence-electron chi connectivity index (χ4n) is 1.06. The summed E-state index contributed by atoms with van der Waals surface area (Å²) in [4.78, 5) is 13.0. The Balaban J connectivity index is 3.42. The van der Waals surface area contributed by atoms with Gasteiger partial charge < -0.3 is 5.73 Å². The van der Waals surface area contributed by atoms with Crippen LogP contribution in [0.25, 0.3) is 0 Å². The molecule has 2 N–H and O–H groups in total. The van der Waals surface area contributed by atoms with Gasteiger partial charge in [-0.15, -0.1) is 0 Å². The number of pyridine rings is 1. The first kappa shape index (κ1) is 11.8. The highest BCUT2D eigenvalue weighted by molar-refractivity contribution is 9.08. The Morgan fingerprint density at radius 1 is 1.67 bits per heavy atom. The molecule has 0 unspecified atom stereocenters. The van der Waals surface area contributed by atoms with E-state index in [4.69, 9.17) is 5.73 Å². The zero-order valence-corrected chi connectivity index (χ0v) is 8.87. The summed E-state index contributed by atoms with van der Waals surface area (Å²) in [6.45, 7) is 0. The maximum Gasteiger partial charge on any atom is 0.319 e. The second-order valence-corrected chi connectivity index (χ2v) is 3.19. The van der Waals surface area contributed by atoms with Crippen LogP contribution in [0.4, 0.5) is 20.2 Å². The van der Waals surface area contributed by atoms with Gasteiger partial charge in [0.15, 0.2) is 5.69 Å². The number of alkyl halides is 3. The van der Waals surface area contributed by atoms with Gasteiger partial charge in [-0.2, -0.15) is 0 Å². The zero-order chi connectivity index (χ0) is 11.6. The Kier molecular flexibility index (Phi) is 3.51. The van der Waals surface area contributed by atoms with E-state index in [9.17, 15) is 18.9 Å². The summed E-state index contributed by atoms with van der Waals surface area (Å²) < 4.78 is 24.9. The van der Waals surface area contributed by atoms with E-state index in [-0.39, 0.29) is 16.7 Å². The van der Waals surface area contributed by atoms with Crippen molar-refractivity contribution in [3.05, 3.63) is 27.6 Å². The highest BCUT2D eigenvalue weighted by atomic mass is 79.9. The van der Waals surface area contributed by atoms with Gasteiger partial charge in [-0.1, -0.05) is 15.9 Å². The second-order valence-electron chi connectivity index (χ2n) is 2.63. The van der Waals surface area contributed by atoms with Crippen LogP contribution in [0, 0.1) is 10.1 Å². The molecule has 0 aliphatic carbocycles. The van der Waals surface area contributed by atoms with E-state index in [1.54, 1.807) is 0 Å². The van der Waals surface area contributed by atoms with Crippen molar-refractivity contribution in [1.82, 2.24) is 4.98 Å². The summed E-state index contributed by atoms with van der Waals surface area (Å²) in [7, 11) is 0. The number of hydrogen-bond donors (Lipinski definition) is 1. The first-order chi connectivity index (χ1) is 6.97. The second kappa shape index (κ2) is 4.47. The molecule has 1 aromatic rings. The van der Waals surface area contributed by atoms with Crippen LogP contribution in [0.5, 0.6) is 0 Å². The number of halogens is 3. The number of nitro groups is 1. The van der Waals surface area contributed by atoms with Gasteiger partial charge >= 0.3 is 5.69 Å². The lowest BCUT2D eigenvalue weighted by molar-refractivity contribution is -0.385. The molecule has 0 saturated carbocycles. The third-order valence-corrected chi connectivity index (χ3v) is 2.20. The van der Waals surface area contributed by atoms with E-state index in [1.165, 1.54) is 6.07 Å². The molecule has 0 bridgehead atoms. The minimum absolute atomic E-state index is 0.203. The molecule has 82 valence electrons. The Hall–Kier alpha value is -1.31. The van der Waals surface area contributed by atoms with Gasteiger partial charge in [-0.3, -0.25) is 10.1 Å². The summed E-state index contributed by atoms with van der Waals surface area (Å²) in [6, 6.07) is 1.19. The van der Waals surface area contributed by atoms with Crippen molar-refractivity contribution >= 4 is 27.3 Å². The molecule has 8 heteroatoms. The average molecular weight is 282 g/mol. The van der Waals surface area contributed by atoms with Gasteiger partial charge in [0.05, 0.1) is 10.6 Å². The molecule has 1 heterocycles. The summed E-state index contributed by atoms with van der Waals surface area (Å²) in [5.74, 6) is 0. The van der Waals surface area contributed by atoms with Gasteiger partial charge in [0.2, 0.25) is 0 Å². The van der Waals surface area contributed by atoms with E-state index in [2.05, 4.69) is 20.9 Å². The van der Waals surface area contributed by atoms with E-state index < -0.39 is 22.7 Å². The number of aromatic nitrogens is 1. The Morgan fingerprint density at radius 2 is 2.27 bits per heavy atom. The number of anilines is 1. The molecule has 15 heavy (non-hydrogen) atoms. The van der Waals surface area contributed by atoms with Crippen molar-refractivity contribution in [3.63, 3.8) is 0 Å². The average Bonchev–Trinajstić information content (AvgIpc) is 2.15. The molecule has 0 spiro atoms. The van der Waals surface area contributed by atoms with Crippen LogP contribution in [0.2, 0.25) is 0 Å². The molecule has 1 rings (SSSR count). The van der Waals surface area contributed by atoms with Crippen LogP contribution in [0.3, 0.4) is 0 Å². The van der Waals surface area contributed by atoms with Crippen molar-refractivity contribution in [2.75, 3.05) is 5.73 Å². The Labute approximate surface area is 91.6 Å². The fourth-order valence-corrected chi connectivity index (χ4v) is 1.34. The van der Waals surface area contributed by atoms with Gasteiger partial charge in [-0.05, 0) is 6.07 Å². The van der Waals surface area contributed by atoms with Crippen molar-refractivity contribution in [2.45, 2.75) is 11.8 Å². The van der Waals surface area contributed by atoms with Crippen LogP contribution < -0.4 is 5.73 Å². The van der Waals surface area contributed by atoms with Crippen LogP contribution in [-0.4, -0.2) is 9.91 Å². The monoisotopic (exact) mass is 281 g/mol. The van der Waals surface area contributed by atoms with Gasteiger partial charge in [0.1, 0.15) is 5.69 Å². The number of hydrogen-bond acceptors (Lipinski definition) is 4. The van der Waals surface area contributed by atoms with Crippen molar-refractivity contribution in [3.8, 4) is 0 Å². The maximum atomic E-state index is 12.4. The van der Waals surface area contributed by atoms with Gasteiger partial charge in [0.25, 0.3) is 6.43 Å². The summed E-state index contributed by atoms with van der Waals surface area (Å²) in [6.07, 6.45) is -3.02. The largest absolute Gasteiger partial charge is 0.393 e. The highest BCUT2D eigenvalue weighted by Gasteiger charge is 2.27. The van der Waals surface area contributed by atoms with Gasteiger partial charge in [-0.25, -0.2) is 13.8 Å². The van der Waals surface area contributed by atoms with Gasteiger partial charge in [0, 0.05) is 5.33 Å². The van der Waals surface area contributed by atoms with Crippen molar-refractivity contribution in [1.29, 1.82) is 0 Å². The van der Waals surface area contributed by atoms with Crippen LogP contribution in [0.15, 0.2) is 6.07 Å². The smallest absolute Gasteiger partial charge is 0.319 e. The SMILES string of the molecule is Nc1cc(CBr)nc(C(F)F)c1[N+](=O)[O-]. The molecular formula is C7H6BrF2N3O2. The standard InChI is InChI=1S/C7H6BrF2N3O2/c8-2-3-1-4(11)6(13(14)15)5(12-3)7(9)10/h1,7H,2H2,(H2,11,12). The molecule has 0 radical (unpaired) electrons. The minimum Gasteiger partial charge on any atom is -0.393 e. The lowest BCUT2D eigenvalue weighted by Gasteiger charge is -2.05. The third kappa shape index (κ3) is 2.38. The maximum absolute atomic E-state index is 12.4. The van der Waals surface area contributed by atoms with E-state index >= 15 is 0 Å². The molecule has 0 aromatic carbocycles. The Morgan fingerprint density at radius 3 is 2.67 bits per heavy atom. The Bertz CT molecular complexity index is 400. The molecule has 0 fully saturated rings.